The van der Waals surface area contributed by atoms with Gasteiger partial charge in [-0.1, -0.05) is 0 Å². The van der Waals surface area contributed by atoms with Gasteiger partial charge >= 0.3 is 0 Å². The summed E-state index contributed by atoms with van der Waals surface area (Å²) in [5, 5.41) is 0. The van der Waals surface area contributed by atoms with Crippen molar-refractivity contribution < 1.29 is 4.74 Å². The first-order valence-corrected chi connectivity index (χ1v) is 5.25. The third-order valence-corrected chi connectivity index (χ3v) is 2.37. The molecule has 0 aromatic heterocycles. The highest BCUT2D eigenvalue weighted by Crippen LogP contribution is 2.27. The molecule has 0 atom stereocenters. The molecule has 1 aromatic rings. The monoisotopic (exact) mass is 204 g/mol. The van der Waals surface area contributed by atoms with Crippen LogP contribution < -0.4 is 10.5 Å². The molecule has 2 rings (SSSR count). The summed E-state index contributed by atoms with van der Waals surface area (Å²) in [6.45, 7) is 4.86. The van der Waals surface area contributed by atoms with Crippen molar-refractivity contribution in [3.63, 3.8) is 0 Å². The molecular weight excluding hydrogens is 188 g/mol. The van der Waals surface area contributed by atoms with Crippen LogP contribution in [-0.4, -0.2) is 18.9 Å². The quantitative estimate of drug-likeness (QED) is 0.749. The number of nitrogens with two attached hydrogens (primary N) is 1. The zero-order valence-corrected chi connectivity index (χ0v) is 9.16. The molecule has 2 N–H and O–H groups in total. The topological polar surface area (TPSA) is 47.6 Å². The Balaban J connectivity index is 2.37. The Morgan fingerprint density at radius 1 is 1.40 bits per heavy atom. The highest BCUT2D eigenvalue weighted by molar-refractivity contribution is 5.85. The molecule has 1 aromatic carbocycles. The number of aliphatic imine (C=N–C) groups is 1. The third kappa shape index (κ3) is 2.12. The average molecular weight is 204 g/mol. The van der Waals surface area contributed by atoms with Crippen LogP contribution >= 0.6 is 0 Å². The second kappa shape index (κ2) is 3.93. The van der Waals surface area contributed by atoms with E-state index in [-0.39, 0.29) is 6.10 Å². The van der Waals surface area contributed by atoms with Gasteiger partial charge in [-0.3, -0.25) is 4.99 Å². The number of benzene rings is 1. The van der Waals surface area contributed by atoms with Crippen LogP contribution in [0.25, 0.3) is 0 Å². The lowest BCUT2D eigenvalue weighted by Crippen LogP contribution is -2.10. The fraction of sp³-hybridized carbons (Fsp3) is 0.417. The lowest BCUT2D eigenvalue weighted by Gasteiger charge is -2.16. The van der Waals surface area contributed by atoms with Crippen LogP contribution in [0.15, 0.2) is 17.1 Å². The molecule has 1 aliphatic heterocycles. The van der Waals surface area contributed by atoms with E-state index in [9.17, 15) is 0 Å². The summed E-state index contributed by atoms with van der Waals surface area (Å²) in [6, 6.07) is 3.98. The van der Waals surface area contributed by atoms with Gasteiger partial charge < -0.3 is 10.5 Å². The Kier molecular flexibility index (Phi) is 2.62. The lowest BCUT2D eigenvalue weighted by molar-refractivity contribution is 0.243. The SMILES string of the molecule is CC(C)Oc1cc2c(cc1N)C=NCC2. The summed E-state index contributed by atoms with van der Waals surface area (Å²) in [5.41, 5.74) is 8.99. The molecule has 3 nitrogen and oxygen atoms in total. The van der Waals surface area contributed by atoms with Crippen LogP contribution in [0.3, 0.4) is 0 Å². The number of anilines is 1. The average Bonchev–Trinajstić information content (AvgIpc) is 2.18. The molecule has 0 amide bonds. The minimum Gasteiger partial charge on any atom is -0.489 e. The van der Waals surface area contributed by atoms with Gasteiger partial charge in [-0.15, -0.1) is 0 Å². The van der Waals surface area contributed by atoms with Gasteiger partial charge in [-0.05, 0) is 43.5 Å². The zero-order chi connectivity index (χ0) is 10.8. The van der Waals surface area contributed by atoms with E-state index in [2.05, 4.69) is 4.99 Å². The number of nitrogens with zero attached hydrogens (tertiary/aromatic N) is 1. The molecule has 0 saturated heterocycles. The van der Waals surface area contributed by atoms with Gasteiger partial charge in [0.2, 0.25) is 0 Å². The second-order valence-corrected chi connectivity index (χ2v) is 4.04. The fourth-order valence-electron chi connectivity index (χ4n) is 1.70. The van der Waals surface area contributed by atoms with Crippen LogP contribution in [0, 0.1) is 0 Å². The Labute approximate surface area is 90.0 Å². The molecule has 3 heteroatoms. The van der Waals surface area contributed by atoms with Crippen molar-refractivity contribution in [3.05, 3.63) is 23.3 Å². The minimum absolute atomic E-state index is 0.155. The first-order valence-electron chi connectivity index (χ1n) is 5.25. The van der Waals surface area contributed by atoms with Crippen LogP contribution in [0.4, 0.5) is 5.69 Å². The van der Waals surface area contributed by atoms with Crippen molar-refractivity contribution in [2.45, 2.75) is 26.4 Å². The van der Waals surface area contributed by atoms with Gasteiger partial charge in [0, 0.05) is 12.8 Å². The number of nitrogen functional groups attached to an aromatic ring is 1. The van der Waals surface area contributed by atoms with Gasteiger partial charge in [0.05, 0.1) is 11.8 Å². The summed E-state index contributed by atoms with van der Waals surface area (Å²) in [7, 11) is 0. The molecule has 0 aliphatic carbocycles. The summed E-state index contributed by atoms with van der Waals surface area (Å²) in [6.07, 6.45) is 3.01. The van der Waals surface area contributed by atoms with E-state index >= 15 is 0 Å². The molecule has 1 heterocycles. The first-order chi connectivity index (χ1) is 7.16. The molecule has 1 aliphatic rings. The van der Waals surface area contributed by atoms with Crippen molar-refractivity contribution in [1.82, 2.24) is 0 Å². The predicted molar refractivity (Wildman–Crippen MR) is 62.8 cm³/mol. The number of hydrogen-bond acceptors (Lipinski definition) is 3. The van der Waals surface area contributed by atoms with E-state index in [0.29, 0.717) is 5.69 Å². The van der Waals surface area contributed by atoms with Crippen LogP contribution in [-0.2, 0) is 6.42 Å². The van der Waals surface area contributed by atoms with E-state index in [1.54, 1.807) is 0 Å². The second-order valence-electron chi connectivity index (χ2n) is 4.04. The minimum atomic E-state index is 0.155. The van der Waals surface area contributed by atoms with E-state index in [1.807, 2.05) is 32.2 Å². The van der Waals surface area contributed by atoms with Crippen molar-refractivity contribution >= 4 is 11.9 Å². The molecule has 0 bridgehead atoms. The summed E-state index contributed by atoms with van der Waals surface area (Å²) in [5.74, 6) is 0.791. The van der Waals surface area contributed by atoms with Crippen molar-refractivity contribution in [1.29, 1.82) is 0 Å². The maximum absolute atomic E-state index is 5.91. The van der Waals surface area contributed by atoms with Gasteiger partial charge in [0.1, 0.15) is 5.75 Å². The molecular formula is C12H16N2O. The standard InChI is InChI=1S/C12H16N2O/c1-8(2)15-12-6-9-3-4-14-7-10(9)5-11(12)13/h5-8H,3-4,13H2,1-2H3. The van der Waals surface area contributed by atoms with Gasteiger partial charge in [0.25, 0.3) is 0 Å². The molecule has 80 valence electrons. The zero-order valence-electron chi connectivity index (χ0n) is 9.16. The number of ether oxygens (including phenoxy) is 1. The van der Waals surface area contributed by atoms with E-state index in [0.717, 1.165) is 24.3 Å². The Morgan fingerprint density at radius 3 is 2.93 bits per heavy atom. The Hall–Kier alpha value is -1.51. The molecule has 0 spiro atoms. The maximum Gasteiger partial charge on any atom is 0.142 e. The highest BCUT2D eigenvalue weighted by Gasteiger charge is 2.11. The first kappa shape index (κ1) is 10.0. The Bertz CT molecular complexity index is 397. The number of hydrogen-bond donors (Lipinski definition) is 1. The normalized spacial score (nSPS) is 14.1. The Morgan fingerprint density at radius 2 is 2.20 bits per heavy atom. The number of fused-ring (bicyclic) bond motifs is 1. The smallest absolute Gasteiger partial charge is 0.142 e. The van der Waals surface area contributed by atoms with E-state index in [4.69, 9.17) is 10.5 Å². The van der Waals surface area contributed by atoms with Crippen LogP contribution in [0.5, 0.6) is 5.75 Å². The largest absolute Gasteiger partial charge is 0.489 e. The predicted octanol–water partition coefficient (Wildman–Crippen LogP) is 2.03. The summed E-state index contributed by atoms with van der Waals surface area (Å²) < 4.78 is 5.64. The third-order valence-electron chi connectivity index (χ3n) is 2.37. The maximum atomic E-state index is 5.91. The summed E-state index contributed by atoms with van der Waals surface area (Å²) >= 11 is 0. The molecule has 0 unspecified atom stereocenters. The molecule has 0 saturated carbocycles. The van der Waals surface area contributed by atoms with Gasteiger partial charge in [-0.25, -0.2) is 0 Å². The fourth-order valence-corrected chi connectivity index (χ4v) is 1.70. The lowest BCUT2D eigenvalue weighted by atomic mass is 10.0. The van der Waals surface area contributed by atoms with Crippen LogP contribution in [0.1, 0.15) is 25.0 Å². The molecule has 0 radical (unpaired) electrons. The highest BCUT2D eigenvalue weighted by atomic mass is 16.5. The van der Waals surface area contributed by atoms with Crippen molar-refractivity contribution in [3.8, 4) is 5.75 Å². The van der Waals surface area contributed by atoms with Crippen molar-refractivity contribution in [2.24, 2.45) is 4.99 Å². The van der Waals surface area contributed by atoms with E-state index < -0.39 is 0 Å². The van der Waals surface area contributed by atoms with Crippen LogP contribution in [0.2, 0.25) is 0 Å². The number of rotatable bonds is 2. The van der Waals surface area contributed by atoms with Gasteiger partial charge in [0.15, 0.2) is 0 Å². The van der Waals surface area contributed by atoms with E-state index in [1.165, 1.54) is 5.56 Å². The summed E-state index contributed by atoms with van der Waals surface area (Å²) in [4.78, 5) is 4.23. The van der Waals surface area contributed by atoms with Crippen molar-refractivity contribution in [2.75, 3.05) is 12.3 Å². The molecule has 0 fully saturated rings. The molecule has 15 heavy (non-hydrogen) atoms. The van der Waals surface area contributed by atoms with Gasteiger partial charge in [-0.2, -0.15) is 0 Å².